The van der Waals surface area contributed by atoms with Gasteiger partial charge in [-0.25, -0.2) is 4.39 Å². The van der Waals surface area contributed by atoms with E-state index in [1.54, 1.807) is 12.1 Å². The summed E-state index contributed by atoms with van der Waals surface area (Å²) in [5, 5.41) is 7.66. The Labute approximate surface area is 169 Å². The lowest BCUT2D eigenvalue weighted by Crippen LogP contribution is -2.48. The number of piperidine rings is 1. The first kappa shape index (κ1) is 18.7. The van der Waals surface area contributed by atoms with Gasteiger partial charge in [-0.05, 0) is 62.3 Å². The highest BCUT2D eigenvalue weighted by Crippen LogP contribution is 2.35. The Bertz CT molecular complexity index is 854. The van der Waals surface area contributed by atoms with Crippen molar-refractivity contribution in [2.75, 3.05) is 13.1 Å². The monoisotopic (exact) mass is 398 g/mol. The Balaban J connectivity index is 1.25. The molecule has 7 heteroatoms. The maximum atomic E-state index is 13.1. The van der Waals surface area contributed by atoms with E-state index in [4.69, 9.17) is 4.52 Å². The van der Waals surface area contributed by atoms with Crippen LogP contribution >= 0.6 is 0 Å². The van der Waals surface area contributed by atoms with Gasteiger partial charge in [0.25, 0.3) is 0 Å². The van der Waals surface area contributed by atoms with E-state index in [9.17, 15) is 9.18 Å². The van der Waals surface area contributed by atoms with Crippen molar-refractivity contribution in [3.05, 3.63) is 36.0 Å². The Hall–Kier alpha value is -2.28. The molecule has 2 saturated heterocycles. The molecule has 4 unspecified atom stereocenters. The molecule has 154 valence electrons. The highest BCUT2D eigenvalue weighted by Gasteiger charge is 2.40. The van der Waals surface area contributed by atoms with Crippen LogP contribution in [0, 0.1) is 11.7 Å². The number of aromatic nitrogens is 2. The Kier molecular flexibility index (Phi) is 5.08. The standard InChI is InChI=1S/C22H27FN4O2/c23-17-9-7-14(8-10-17)20-25-21(29-26-20)16-5-3-11-27(13-16)22(28)19-12-15-4-1-2-6-18(15)24-19/h7-10,15-16,18-19,24H,1-6,11-13H2. The summed E-state index contributed by atoms with van der Waals surface area (Å²) in [7, 11) is 0. The molecule has 0 spiro atoms. The molecule has 1 aromatic carbocycles. The zero-order valence-electron chi connectivity index (χ0n) is 16.5. The van der Waals surface area contributed by atoms with Gasteiger partial charge in [-0.3, -0.25) is 4.79 Å². The van der Waals surface area contributed by atoms with Crippen LogP contribution in [-0.4, -0.2) is 46.1 Å². The molecule has 6 nitrogen and oxygen atoms in total. The molecule has 3 heterocycles. The number of hydrogen-bond acceptors (Lipinski definition) is 5. The number of hydrogen-bond donors (Lipinski definition) is 1. The minimum Gasteiger partial charge on any atom is -0.341 e. The number of nitrogens with one attached hydrogen (secondary N) is 1. The van der Waals surface area contributed by atoms with Gasteiger partial charge in [-0.1, -0.05) is 18.0 Å². The van der Waals surface area contributed by atoms with Crippen LogP contribution in [0.4, 0.5) is 4.39 Å². The minimum absolute atomic E-state index is 0.0423. The molecule has 5 rings (SSSR count). The van der Waals surface area contributed by atoms with Gasteiger partial charge in [0.1, 0.15) is 5.82 Å². The average Bonchev–Trinajstić information content (AvgIpc) is 3.41. The van der Waals surface area contributed by atoms with Crippen molar-refractivity contribution < 1.29 is 13.7 Å². The van der Waals surface area contributed by atoms with Gasteiger partial charge in [0, 0.05) is 24.7 Å². The maximum Gasteiger partial charge on any atom is 0.239 e. The summed E-state index contributed by atoms with van der Waals surface area (Å²) in [4.78, 5) is 19.6. The van der Waals surface area contributed by atoms with E-state index < -0.39 is 0 Å². The van der Waals surface area contributed by atoms with Gasteiger partial charge in [0.15, 0.2) is 0 Å². The molecule has 1 aliphatic carbocycles. The second kappa shape index (κ2) is 7.86. The van der Waals surface area contributed by atoms with Crippen LogP contribution in [0.15, 0.2) is 28.8 Å². The van der Waals surface area contributed by atoms with E-state index >= 15 is 0 Å². The third kappa shape index (κ3) is 3.80. The topological polar surface area (TPSA) is 71.3 Å². The van der Waals surface area contributed by atoms with Gasteiger partial charge in [-0.15, -0.1) is 0 Å². The molecule has 1 amide bonds. The number of carbonyl (C=O) groups is 1. The van der Waals surface area contributed by atoms with Crippen molar-refractivity contribution >= 4 is 5.91 Å². The van der Waals surface area contributed by atoms with Crippen LogP contribution in [0.3, 0.4) is 0 Å². The molecular formula is C22H27FN4O2. The van der Waals surface area contributed by atoms with E-state index in [1.807, 2.05) is 4.90 Å². The van der Waals surface area contributed by atoms with E-state index in [0.717, 1.165) is 31.4 Å². The molecule has 29 heavy (non-hydrogen) atoms. The summed E-state index contributed by atoms with van der Waals surface area (Å²) in [5.41, 5.74) is 0.725. The molecule has 2 aromatic rings. The molecular weight excluding hydrogens is 371 g/mol. The highest BCUT2D eigenvalue weighted by atomic mass is 19.1. The molecule has 3 aliphatic rings. The fraction of sp³-hybridized carbons (Fsp3) is 0.591. The van der Waals surface area contributed by atoms with E-state index in [0.29, 0.717) is 30.2 Å². The maximum absolute atomic E-state index is 13.1. The summed E-state index contributed by atoms with van der Waals surface area (Å²) in [6.45, 7) is 1.42. The average molecular weight is 398 g/mol. The molecule has 0 radical (unpaired) electrons. The molecule has 0 bridgehead atoms. The van der Waals surface area contributed by atoms with Crippen LogP contribution in [0.5, 0.6) is 0 Å². The Morgan fingerprint density at radius 2 is 1.97 bits per heavy atom. The first-order valence-corrected chi connectivity index (χ1v) is 10.8. The van der Waals surface area contributed by atoms with Gasteiger partial charge >= 0.3 is 0 Å². The van der Waals surface area contributed by atoms with E-state index in [2.05, 4.69) is 15.5 Å². The van der Waals surface area contributed by atoms with Crippen molar-refractivity contribution in [2.45, 2.75) is 62.9 Å². The fourth-order valence-electron chi connectivity index (χ4n) is 5.23. The fourth-order valence-corrected chi connectivity index (χ4v) is 5.23. The SMILES string of the molecule is O=C(C1CC2CCCCC2N1)N1CCCC(c2nc(-c3ccc(F)cc3)no2)C1. The Morgan fingerprint density at radius 1 is 1.14 bits per heavy atom. The number of benzene rings is 1. The van der Waals surface area contributed by atoms with Crippen LogP contribution in [0.25, 0.3) is 11.4 Å². The highest BCUT2D eigenvalue weighted by molar-refractivity contribution is 5.82. The number of halogens is 1. The van der Waals surface area contributed by atoms with Gasteiger partial charge in [0.2, 0.25) is 17.6 Å². The molecule has 3 fully saturated rings. The van der Waals surface area contributed by atoms with Crippen LogP contribution in [-0.2, 0) is 4.79 Å². The zero-order chi connectivity index (χ0) is 19.8. The molecule has 1 saturated carbocycles. The first-order chi connectivity index (χ1) is 14.2. The lowest BCUT2D eigenvalue weighted by molar-refractivity contribution is -0.134. The summed E-state index contributed by atoms with van der Waals surface area (Å²) in [5.74, 6) is 1.67. The number of carbonyl (C=O) groups excluding carboxylic acids is 1. The van der Waals surface area contributed by atoms with Crippen LogP contribution < -0.4 is 5.32 Å². The zero-order valence-corrected chi connectivity index (χ0v) is 16.5. The van der Waals surface area contributed by atoms with Crippen molar-refractivity contribution in [1.82, 2.24) is 20.4 Å². The van der Waals surface area contributed by atoms with Gasteiger partial charge in [-0.2, -0.15) is 4.98 Å². The molecule has 1 N–H and O–H groups in total. The molecule has 4 atom stereocenters. The van der Waals surface area contributed by atoms with Crippen LogP contribution in [0.2, 0.25) is 0 Å². The molecule has 2 aliphatic heterocycles. The third-order valence-corrected chi connectivity index (χ3v) is 6.79. The number of amides is 1. The van der Waals surface area contributed by atoms with E-state index in [-0.39, 0.29) is 23.7 Å². The predicted molar refractivity (Wildman–Crippen MR) is 106 cm³/mol. The molecule has 1 aromatic heterocycles. The summed E-state index contributed by atoms with van der Waals surface area (Å²) < 4.78 is 18.6. The van der Waals surface area contributed by atoms with Crippen molar-refractivity contribution in [1.29, 1.82) is 0 Å². The second-order valence-corrected chi connectivity index (χ2v) is 8.69. The van der Waals surface area contributed by atoms with Gasteiger partial charge < -0.3 is 14.7 Å². The van der Waals surface area contributed by atoms with Crippen molar-refractivity contribution in [3.63, 3.8) is 0 Å². The van der Waals surface area contributed by atoms with Crippen LogP contribution in [0.1, 0.15) is 56.8 Å². The van der Waals surface area contributed by atoms with Gasteiger partial charge in [0.05, 0.1) is 12.0 Å². The summed E-state index contributed by atoms with van der Waals surface area (Å²) in [6, 6.07) is 6.54. The number of rotatable bonds is 3. The minimum atomic E-state index is -0.292. The van der Waals surface area contributed by atoms with Crippen molar-refractivity contribution in [3.8, 4) is 11.4 Å². The third-order valence-electron chi connectivity index (χ3n) is 6.79. The second-order valence-electron chi connectivity index (χ2n) is 8.69. The van der Waals surface area contributed by atoms with E-state index in [1.165, 1.54) is 37.8 Å². The normalized spacial score (nSPS) is 29.6. The predicted octanol–water partition coefficient (Wildman–Crippen LogP) is 3.50. The summed E-state index contributed by atoms with van der Waals surface area (Å²) in [6.07, 6.45) is 7.85. The Morgan fingerprint density at radius 3 is 2.79 bits per heavy atom. The number of nitrogens with zero attached hydrogens (tertiary/aromatic N) is 3. The number of fused-ring (bicyclic) bond motifs is 1. The lowest BCUT2D eigenvalue weighted by atomic mass is 9.85. The first-order valence-electron chi connectivity index (χ1n) is 10.8. The smallest absolute Gasteiger partial charge is 0.239 e. The van der Waals surface area contributed by atoms with Crippen molar-refractivity contribution in [2.24, 2.45) is 5.92 Å². The lowest BCUT2D eigenvalue weighted by Gasteiger charge is -2.33. The quantitative estimate of drug-likeness (QED) is 0.857. The summed E-state index contributed by atoms with van der Waals surface area (Å²) >= 11 is 0. The largest absolute Gasteiger partial charge is 0.341 e. The number of likely N-dealkylation sites (tertiary alicyclic amines) is 1.